The van der Waals surface area contributed by atoms with Gasteiger partial charge in [-0.15, -0.1) is 11.8 Å². The van der Waals surface area contributed by atoms with Crippen molar-refractivity contribution in [3.05, 3.63) is 48.0 Å². The van der Waals surface area contributed by atoms with Gasteiger partial charge in [-0.25, -0.2) is 4.39 Å². The number of aromatic nitrogens is 1. The average Bonchev–Trinajstić information content (AvgIpc) is 2.96. The van der Waals surface area contributed by atoms with E-state index < -0.39 is 17.9 Å². The van der Waals surface area contributed by atoms with Crippen molar-refractivity contribution < 1.29 is 19.0 Å². The summed E-state index contributed by atoms with van der Waals surface area (Å²) in [5, 5.41) is 9.87. The van der Waals surface area contributed by atoms with Gasteiger partial charge in [0.25, 0.3) is 0 Å². The molecule has 2 heterocycles. The van der Waals surface area contributed by atoms with Gasteiger partial charge in [0.1, 0.15) is 17.7 Å². The largest absolute Gasteiger partial charge is 0.495 e. The van der Waals surface area contributed by atoms with Gasteiger partial charge in [-0.3, -0.25) is 4.79 Å². The maximum absolute atomic E-state index is 13.3. The number of benzene rings is 2. The zero-order chi connectivity index (χ0) is 17.6. The van der Waals surface area contributed by atoms with Crippen molar-refractivity contribution in [2.24, 2.45) is 0 Å². The summed E-state index contributed by atoms with van der Waals surface area (Å²) in [5.41, 5.74) is 3.18. The summed E-state index contributed by atoms with van der Waals surface area (Å²) in [6.07, 6.45) is 0. The molecule has 25 heavy (non-hydrogen) atoms. The number of aliphatic carboxylic acids is 1. The molecule has 128 valence electrons. The minimum atomic E-state index is -0.900. The topological polar surface area (TPSA) is 51.5 Å². The fraction of sp³-hybridized carbons (Fsp3) is 0.211. The molecule has 0 fully saturated rings. The standard InChI is InChI=1S/C19H16FNO3S/c1-24-13-7-4-6-12-15-17(21(10-9-20)16(12)13)11-5-2-3-8-14(11)25-18(15)19(22)23/h2-8,18H,9-10H2,1H3,(H,22,23). The Kier molecular flexibility index (Phi) is 3.92. The number of hydrogen-bond donors (Lipinski definition) is 1. The molecule has 4 rings (SSSR count). The molecule has 1 aliphatic rings. The molecule has 1 N–H and O–H groups in total. The molecule has 0 radical (unpaired) electrons. The summed E-state index contributed by atoms with van der Waals surface area (Å²) in [5.74, 6) is -0.283. The van der Waals surface area contributed by atoms with Crippen molar-refractivity contribution in [1.29, 1.82) is 0 Å². The van der Waals surface area contributed by atoms with Crippen LogP contribution >= 0.6 is 11.8 Å². The first-order valence-electron chi connectivity index (χ1n) is 7.91. The highest BCUT2D eigenvalue weighted by atomic mass is 32.2. The van der Waals surface area contributed by atoms with Gasteiger partial charge in [-0.2, -0.15) is 0 Å². The number of carbonyl (C=O) groups is 1. The highest BCUT2D eigenvalue weighted by Gasteiger charge is 2.36. The van der Waals surface area contributed by atoms with Crippen LogP contribution in [0.25, 0.3) is 22.2 Å². The Labute approximate surface area is 148 Å². The van der Waals surface area contributed by atoms with E-state index >= 15 is 0 Å². The number of para-hydroxylation sites is 1. The van der Waals surface area contributed by atoms with Crippen LogP contribution in [0, 0.1) is 0 Å². The van der Waals surface area contributed by atoms with Crippen molar-refractivity contribution >= 4 is 28.6 Å². The van der Waals surface area contributed by atoms with Crippen molar-refractivity contribution in [3.63, 3.8) is 0 Å². The van der Waals surface area contributed by atoms with Crippen LogP contribution in [-0.2, 0) is 11.3 Å². The molecule has 0 saturated carbocycles. The van der Waals surface area contributed by atoms with E-state index in [1.807, 2.05) is 47.0 Å². The Bertz CT molecular complexity index is 982. The number of aryl methyl sites for hydroxylation is 1. The van der Waals surface area contributed by atoms with Crippen LogP contribution < -0.4 is 4.74 Å². The molecule has 1 unspecified atom stereocenters. The number of methoxy groups -OCH3 is 1. The van der Waals surface area contributed by atoms with Gasteiger partial charge in [0, 0.05) is 21.4 Å². The number of halogens is 1. The Morgan fingerprint density at radius 2 is 2.08 bits per heavy atom. The predicted octanol–water partition coefficient (Wildman–Crippen LogP) is 4.52. The lowest BCUT2D eigenvalue weighted by atomic mass is 10.0. The molecule has 0 saturated heterocycles. The maximum Gasteiger partial charge on any atom is 0.321 e. The monoisotopic (exact) mass is 357 g/mol. The van der Waals surface area contributed by atoms with Crippen molar-refractivity contribution in [2.75, 3.05) is 13.8 Å². The van der Waals surface area contributed by atoms with E-state index in [1.165, 1.54) is 11.8 Å². The fourth-order valence-corrected chi connectivity index (χ4v) is 4.72. The molecule has 0 aliphatic carbocycles. The zero-order valence-electron chi connectivity index (χ0n) is 13.5. The van der Waals surface area contributed by atoms with Crippen LogP contribution in [-0.4, -0.2) is 29.4 Å². The molecule has 4 nitrogen and oxygen atoms in total. The number of fused-ring (bicyclic) bond motifs is 5. The Morgan fingerprint density at radius 1 is 1.28 bits per heavy atom. The zero-order valence-corrected chi connectivity index (χ0v) is 14.3. The van der Waals surface area contributed by atoms with Gasteiger partial charge < -0.3 is 14.4 Å². The van der Waals surface area contributed by atoms with Crippen LogP contribution in [0.15, 0.2) is 47.4 Å². The number of carboxylic acid groups (broad SMARTS) is 1. The molecule has 1 aliphatic heterocycles. The second kappa shape index (κ2) is 6.11. The van der Waals surface area contributed by atoms with E-state index in [0.29, 0.717) is 5.75 Å². The second-order valence-electron chi connectivity index (χ2n) is 5.79. The minimum Gasteiger partial charge on any atom is -0.495 e. The molecular weight excluding hydrogens is 341 g/mol. The summed E-state index contributed by atoms with van der Waals surface area (Å²) in [4.78, 5) is 12.8. The van der Waals surface area contributed by atoms with Gasteiger partial charge in [0.05, 0.1) is 24.9 Å². The maximum atomic E-state index is 13.3. The molecule has 0 amide bonds. The van der Waals surface area contributed by atoms with Gasteiger partial charge in [-0.1, -0.05) is 30.3 Å². The molecule has 1 atom stereocenters. The molecular formula is C19H16FNO3S. The Balaban J connectivity index is 2.17. The molecule has 2 aromatic carbocycles. The van der Waals surface area contributed by atoms with E-state index in [0.717, 1.165) is 32.6 Å². The normalized spacial score (nSPS) is 15.7. The fourth-order valence-electron chi connectivity index (χ4n) is 3.56. The van der Waals surface area contributed by atoms with Gasteiger partial charge in [0.15, 0.2) is 0 Å². The van der Waals surface area contributed by atoms with Crippen molar-refractivity contribution in [3.8, 4) is 17.0 Å². The molecule has 6 heteroatoms. The van der Waals surface area contributed by atoms with Crippen molar-refractivity contribution in [2.45, 2.75) is 16.7 Å². The third kappa shape index (κ3) is 2.32. The third-order valence-electron chi connectivity index (χ3n) is 4.49. The summed E-state index contributed by atoms with van der Waals surface area (Å²) in [6, 6.07) is 13.2. The highest BCUT2D eigenvalue weighted by Crippen LogP contribution is 2.53. The van der Waals surface area contributed by atoms with Crippen molar-refractivity contribution in [1.82, 2.24) is 4.57 Å². The number of carboxylic acids is 1. The van der Waals surface area contributed by atoms with Crippen LogP contribution in [0.2, 0.25) is 0 Å². The quantitative estimate of drug-likeness (QED) is 0.746. The second-order valence-corrected chi connectivity index (χ2v) is 6.94. The van der Waals surface area contributed by atoms with E-state index in [2.05, 4.69) is 0 Å². The predicted molar refractivity (Wildman–Crippen MR) is 96.1 cm³/mol. The Morgan fingerprint density at radius 3 is 2.80 bits per heavy atom. The summed E-state index contributed by atoms with van der Waals surface area (Å²) in [6.45, 7) is -0.390. The van der Waals surface area contributed by atoms with Gasteiger partial charge in [0.2, 0.25) is 0 Å². The van der Waals surface area contributed by atoms with Crippen LogP contribution in [0.1, 0.15) is 10.8 Å². The molecule has 0 spiro atoms. The highest BCUT2D eigenvalue weighted by molar-refractivity contribution is 8.00. The molecule has 0 bridgehead atoms. The summed E-state index contributed by atoms with van der Waals surface area (Å²) in [7, 11) is 1.57. The minimum absolute atomic E-state index is 0.150. The first kappa shape index (κ1) is 16.0. The average molecular weight is 357 g/mol. The lowest BCUT2D eigenvalue weighted by Gasteiger charge is -2.23. The van der Waals surface area contributed by atoms with Crippen LogP contribution in [0.3, 0.4) is 0 Å². The van der Waals surface area contributed by atoms with E-state index in [-0.39, 0.29) is 6.54 Å². The number of thioether (sulfide) groups is 1. The first-order chi connectivity index (χ1) is 12.2. The van der Waals surface area contributed by atoms with Gasteiger partial charge >= 0.3 is 5.97 Å². The molecule has 3 aromatic rings. The lowest BCUT2D eigenvalue weighted by molar-refractivity contribution is -0.136. The lowest BCUT2D eigenvalue weighted by Crippen LogP contribution is -2.14. The number of hydrogen-bond acceptors (Lipinski definition) is 3. The number of nitrogens with zero attached hydrogens (tertiary/aromatic N) is 1. The first-order valence-corrected chi connectivity index (χ1v) is 8.79. The number of ether oxygens (including phenoxy) is 1. The Hall–Kier alpha value is -2.47. The molecule has 1 aromatic heterocycles. The van der Waals surface area contributed by atoms with E-state index in [4.69, 9.17) is 4.74 Å². The number of alkyl halides is 1. The van der Waals surface area contributed by atoms with E-state index in [9.17, 15) is 14.3 Å². The smallest absolute Gasteiger partial charge is 0.321 e. The van der Waals surface area contributed by atoms with Crippen LogP contribution in [0.4, 0.5) is 4.39 Å². The van der Waals surface area contributed by atoms with Crippen LogP contribution in [0.5, 0.6) is 5.75 Å². The van der Waals surface area contributed by atoms with E-state index in [1.54, 1.807) is 7.11 Å². The third-order valence-corrected chi connectivity index (χ3v) is 5.77. The summed E-state index contributed by atoms with van der Waals surface area (Å²) >= 11 is 1.32. The summed E-state index contributed by atoms with van der Waals surface area (Å²) < 4.78 is 20.7. The van der Waals surface area contributed by atoms with Gasteiger partial charge in [-0.05, 0) is 12.1 Å². The SMILES string of the molecule is COc1cccc2c3c(n(CCF)c12)-c1ccccc1SC3C(=O)O. The number of rotatable bonds is 4.